The first kappa shape index (κ1) is 12.7. The number of benzene rings is 1. The second kappa shape index (κ2) is 4.84. The Balaban J connectivity index is 2.36. The maximum Gasteiger partial charge on any atom is 0.282 e. The van der Waals surface area contributed by atoms with Crippen LogP contribution in [-0.4, -0.2) is 26.0 Å². The molecule has 1 aromatic heterocycles. The van der Waals surface area contributed by atoms with Gasteiger partial charge >= 0.3 is 0 Å². The molecule has 1 amide bonds. The smallest absolute Gasteiger partial charge is 0.282 e. The van der Waals surface area contributed by atoms with Gasteiger partial charge in [-0.05, 0) is 19.4 Å². The molecule has 0 atom stereocenters. The van der Waals surface area contributed by atoms with E-state index < -0.39 is 10.8 Å². The fourth-order valence-corrected chi connectivity index (χ4v) is 1.66. The van der Waals surface area contributed by atoms with Gasteiger partial charge < -0.3 is 0 Å². The van der Waals surface area contributed by atoms with Crippen LogP contribution in [0.4, 0.5) is 11.6 Å². The Kier molecular flexibility index (Phi) is 3.23. The van der Waals surface area contributed by atoms with Gasteiger partial charge in [-0.15, -0.1) is 5.10 Å². The SMILES string of the molecule is Cc1nc(NC(=O)c2c(C)cccc2[N+](=O)[O-])n[nH]1. The summed E-state index contributed by atoms with van der Waals surface area (Å²) >= 11 is 0. The first-order valence-corrected chi connectivity index (χ1v) is 5.43. The molecule has 0 unspecified atom stereocenters. The lowest BCUT2D eigenvalue weighted by molar-refractivity contribution is -0.385. The zero-order valence-corrected chi connectivity index (χ0v) is 10.3. The number of hydrogen-bond donors (Lipinski definition) is 2. The summed E-state index contributed by atoms with van der Waals surface area (Å²) in [4.78, 5) is 26.3. The molecule has 8 nitrogen and oxygen atoms in total. The number of nitro benzene ring substituents is 1. The highest BCUT2D eigenvalue weighted by molar-refractivity contribution is 6.07. The van der Waals surface area contributed by atoms with E-state index in [-0.39, 0.29) is 17.2 Å². The lowest BCUT2D eigenvalue weighted by Gasteiger charge is -2.05. The van der Waals surface area contributed by atoms with Crippen molar-refractivity contribution in [3.8, 4) is 0 Å². The predicted octanol–water partition coefficient (Wildman–Crippen LogP) is 1.58. The summed E-state index contributed by atoms with van der Waals surface area (Å²) in [5.74, 6) is 0.0124. The zero-order valence-electron chi connectivity index (χ0n) is 10.3. The van der Waals surface area contributed by atoms with Crippen LogP contribution in [0.2, 0.25) is 0 Å². The highest BCUT2D eigenvalue weighted by Crippen LogP contribution is 2.22. The minimum absolute atomic E-state index is 0.00922. The van der Waals surface area contributed by atoms with E-state index in [0.29, 0.717) is 11.4 Å². The number of nitro groups is 1. The van der Waals surface area contributed by atoms with Crippen LogP contribution in [-0.2, 0) is 0 Å². The first-order valence-electron chi connectivity index (χ1n) is 5.43. The molecule has 2 N–H and O–H groups in total. The Morgan fingerprint density at radius 1 is 1.42 bits per heavy atom. The van der Waals surface area contributed by atoms with Gasteiger partial charge in [-0.1, -0.05) is 12.1 Å². The molecule has 1 heterocycles. The molecule has 0 fully saturated rings. The topological polar surface area (TPSA) is 114 Å². The van der Waals surface area contributed by atoms with Crippen LogP contribution in [0.5, 0.6) is 0 Å². The molecule has 2 rings (SSSR count). The molecule has 8 heteroatoms. The molecule has 98 valence electrons. The van der Waals surface area contributed by atoms with E-state index in [4.69, 9.17) is 0 Å². The molecule has 0 aliphatic carbocycles. The summed E-state index contributed by atoms with van der Waals surface area (Å²) in [5, 5.41) is 19.7. The number of amides is 1. The highest BCUT2D eigenvalue weighted by atomic mass is 16.6. The molecule has 0 saturated heterocycles. The number of aromatic nitrogens is 3. The van der Waals surface area contributed by atoms with Crippen LogP contribution in [0, 0.1) is 24.0 Å². The molecule has 0 saturated carbocycles. The summed E-state index contributed by atoms with van der Waals surface area (Å²) in [7, 11) is 0. The molecule has 0 aliphatic rings. The quantitative estimate of drug-likeness (QED) is 0.643. The van der Waals surface area contributed by atoms with Crippen molar-refractivity contribution in [3.63, 3.8) is 0 Å². The number of H-pyrrole nitrogens is 1. The third-order valence-electron chi connectivity index (χ3n) is 2.50. The van der Waals surface area contributed by atoms with E-state index in [0.717, 1.165) is 0 Å². The molecule has 19 heavy (non-hydrogen) atoms. The molecule has 0 aliphatic heterocycles. The molecule has 0 spiro atoms. The monoisotopic (exact) mass is 261 g/mol. The number of anilines is 1. The van der Waals surface area contributed by atoms with Gasteiger partial charge in [0, 0.05) is 6.07 Å². The average Bonchev–Trinajstić information content (AvgIpc) is 2.74. The average molecular weight is 261 g/mol. The number of nitrogens with zero attached hydrogens (tertiary/aromatic N) is 3. The number of carbonyl (C=O) groups is 1. The fourth-order valence-electron chi connectivity index (χ4n) is 1.66. The van der Waals surface area contributed by atoms with Gasteiger partial charge in [-0.3, -0.25) is 25.3 Å². The second-order valence-electron chi connectivity index (χ2n) is 3.92. The van der Waals surface area contributed by atoms with Gasteiger partial charge in [0.05, 0.1) is 4.92 Å². The summed E-state index contributed by atoms with van der Waals surface area (Å²) in [6.07, 6.45) is 0. The Labute approximate surface area is 108 Å². The standard InChI is InChI=1S/C11H11N5O3/c1-6-4-3-5-8(16(18)19)9(6)10(17)13-11-12-7(2)14-15-11/h3-5H,1-2H3,(H2,12,13,14,15,17). The van der Waals surface area contributed by atoms with Gasteiger partial charge in [0.1, 0.15) is 11.4 Å². The predicted molar refractivity (Wildman–Crippen MR) is 66.9 cm³/mol. The largest absolute Gasteiger partial charge is 0.289 e. The minimum atomic E-state index is -0.608. The van der Waals surface area contributed by atoms with E-state index >= 15 is 0 Å². The van der Waals surface area contributed by atoms with Crippen molar-refractivity contribution in [2.24, 2.45) is 0 Å². The zero-order chi connectivity index (χ0) is 14.0. The van der Waals surface area contributed by atoms with E-state index in [1.165, 1.54) is 12.1 Å². The van der Waals surface area contributed by atoms with Gasteiger partial charge in [0.15, 0.2) is 0 Å². The van der Waals surface area contributed by atoms with Crippen LogP contribution < -0.4 is 5.32 Å². The molecule has 0 radical (unpaired) electrons. The molecule has 1 aromatic carbocycles. The van der Waals surface area contributed by atoms with E-state index in [2.05, 4.69) is 20.5 Å². The number of hydrogen-bond acceptors (Lipinski definition) is 5. The number of carbonyl (C=O) groups excluding carboxylic acids is 1. The summed E-state index contributed by atoms with van der Waals surface area (Å²) < 4.78 is 0. The number of rotatable bonds is 3. The second-order valence-corrected chi connectivity index (χ2v) is 3.92. The number of nitrogens with one attached hydrogen (secondary N) is 2. The molecular weight excluding hydrogens is 250 g/mol. The third-order valence-corrected chi connectivity index (χ3v) is 2.50. The minimum Gasteiger partial charge on any atom is -0.289 e. The maximum atomic E-state index is 12.1. The highest BCUT2D eigenvalue weighted by Gasteiger charge is 2.22. The Bertz CT molecular complexity index is 650. The normalized spacial score (nSPS) is 10.2. The van der Waals surface area contributed by atoms with Crippen molar-refractivity contribution in [3.05, 3.63) is 45.3 Å². The summed E-state index contributed by atoms with van der Waals surface area (Å²) in [6.45, 7) is 3.31. The van der Waals surface area contributed by atoms with Gasteiger partial charge in [-0.25, -0.2) is 0 Å². The lowest BCUT2D eigenvalue weighted by Crippen LogP contribution is -2.16. The first-order chi connectivity index (χ1) is 8.99. The van der Waals surface area contributed by atoms with Crippen LogP contribution in [0.15, 0.2) is 18.2 Å². The Hall–Kier alpha value is -2.77. The van der Waals surface area contributed by atoms with Crippen LogP contribution >= 0.6 is 0 Å². The van der Waals surface area contributed by atoms with E-state index in [9.17, 15) is 14.9 Å². The van der Waals surface area contributed by atoms with Gasteiger partial charge in [-0.2, -0.15) is 4.98 Å². The third kappa shape index (κ3) is 2.57. The molecule has 0 bridgehead atoms. The summed E-state index contributed by atoms with van der Waals surface area (Å²) in [5.41, 5.74) is 0.277. The number of aryl methyl sites for hydroxylation is 2. The lowest BCUT2D eigenvalue weighted by atomic mass is 10.1. The van der Waals surface area contributed by atoms with Crippen molar-refractivity contribution in [1.82, 2.24) is 15.2 Å². The van der Waals surface area contributed by atoms with Crippen LogP contribution in [0.25, 0.3) is 0 Å². The van der Waals surface area contributed by atoms with E-state index in [1.807, 2.05) is 0 Å². The Morgan fingerprint density at radius 3 is 2.74 bits per heavy atom. The van der Waals surface area contributed by atoms with Crippen LogP contribution in [0.1, 0.15) is 21.7 Å². The van der Waals surface area contributed by atoms with Crippen molar-refractivity contribution >= 4 is 17.5 Å². The summed E-state index contributed by atoms with van der Waals surface area (Å²) in [6, 6.07) is 4.44. The Morgan fingerprint density at radius 2 is 2.16 bits per heavy atom. The van der Waals surface area contributed by atoms with Gasteiger partial charge in [0.25, 0.3) is 11.6 Å². The van der Waals surface area contributed by atoms with Crippen LogP contribution in [0.3, 0.4) is 0 Å². The molecule has 2 aromatic rings. The van der Waals surface area contributed by atoms with Crippen molar-refractivity contribution in [2.75, 3.05) is 5.32 Å². The molecular formula is C11H11N5O3. The van der Waals surface area contributed by atoms with Gasteiger partial charge in [0.2, 0.25) is 5.95 Å². The van der Waals surface area contributed by atoms with Crippen molar-refractivity contribution in [2.45, 2.75) is 13.8 Å². The fraction of sp³-hybridized carbons (Fsp3) is 0.182. The number of aromatic amines is 1. The maximum absolute atomic E-state index is 12.1. The van der Waals surface area contributed by atoms with E-state index in [1.54, 1.807) is 19.9 Å². The van der Waals surface area contributed by atoms with Crippen molar-refractivity contribution < 1.29 is 9.72 Å². The van der Waals surface area contributed by atoms with Crippen molar-refractivity contribution in [1.29, 1.82) is 0 Å².